The molecule has 3 aromatic heterocycles. The zero-order valence-electron chi connectivity index (χ0n) is 22.6. The van der Waals surface area contributed by atoms with E-state index in [1.807, 2.05) is 28.5 Å². The van der Waals surface area contributed by atoms with Crippen LogP contribution in [0.3, 0.4) is 0 Å². The number of fused-ring (bicyclic) bond motifs is 1. The first-order valence-corrected chi connectivity index (χ1v) is 13.5. The van der Waals surface area contributed by atoms with Gasteiger partial charge in [0.1, 0.15) is 0 Å². The normalized spacial score (nSPS) is 22.4. The van der Waals surface area contributed by atoms with Crippen molar-refractivity contribution in [3.8, 4) is 11.1 Å². The first-order chi connectivity index (χ1) is 17.8. The Hall–Kier alpha value is -2.53. The summed E-state index contributed by atoms with van der Waals surface area (Å²) in [6.07, 6.45) is 9.34. The van der Waals surface area contributed by atoms with E-state index < -0.39 is 0 Å². The summed E-state index contributed by atoms with van der Waals surface area (Å²) in [6, 6.07) is 2.35. The van der Waals surface area contributed by atoms with Crippen LogP contribution in [0.1, 0.15) is 58.1 Å². The van der Waals surface area contributed by atoms with Gasteiger partial charge >= 0.3 is 0 Å². The van der Waals surface area contributed by atoms with E-state index in [1.165, 1.54) is 5.69 Å². The Kier molecular flexibility index (Phi) is 7.80. The number of methoxy groups -OCH3 is 1. The van der Waals surface area contributed by atoms with Gasteiger partial charge in [-0.15, -0.1) is 5.10 Å². The highest BCUT2D eigenvalue weighted by atomic mass is 16.5. The van der Waals surface area contributed by atoms with E-state index in [2.05, 4.69) is 41.3 Å². The van der Waals surface area contributed by atoms with Crippen LogP contribution in [0.5, 0.6) is 0 Å². The predicted octanol–water partition coefficient (Wildman–Crippen LogP) is 3.17. The Bertz CT molecular complexity index is 1180. The van der Waals surface area contributed by atoms with Crippen LogP contribution in [0, 0.1) is 0 Å². The van der Waals surface area contributed by atoms with Crippen molar-refractivity contribution in [3.63, 3.8) is 0 Å². The maximum Gasteiger partial charge on any atom is 0.241 e. The van der Waals surface area contributed by atoms with Gasteiger partial charge in [0.25, 0.3) is 0 Å². The van der Waals surface area contributed by atoms with Crippen LogP contribution in [0.2, 0.25) is 0 Å². The van der Waals surface area contributed by atoms with E-state index in [0.717, 1.165) is 75.2 Å². The fraction of sp³-hybridized carbons (Fsp3) is 0.667. The van der Waals surface area contributed by atoms with Crippen LogP contribution in [0.15, 0.2) is 24.7 Å². The van der Waals surface area contributed by atoms with Crippen molar-refractivity contribution in [1.82, 2.24) is 29.3 Å². The molecule has 4 heterocycles. The Morgan fingerprint density at radius 3 is 2.68 bits per heavy atom. The average Bonchev–Trinajstić information content (AvgIpc) is 3.49. The summed E-state index contributed by atoms with van der Waals surface area (Å²) in [5.41, 5.74) is 4.27. The lowest BCUT2D eigenvalue weighted by atomic mass is 9.85. The second kappa shape index (κ2) is 11.1. The fourth-order valence-corrected chi connectivity index (χ4v) is 5.74. The quantitative estimate of drug-likeness (QED) is 0.452. The number of aromatic nitrogens is 5. The minimum atomic E-state index is -0.197. The molecule has 5 rings (SSSR count). The summed E-state index contributed by atoms with van der Waals surface area (Å²) in [4.78, 5) is 7.11. The van der Waals surface area contributed by atoms with E-state index in [1.54, 1.807) is 7.11 Å². The second-order valence-electron chi connectivity index (χ2n) is 11.2. The van der Waals surface area contributed by atoms with Gasteiger partial charge in [-0.3, -0.25) is 9.58 Å². The van der Waals surface area contributed by atoms with Crippen molar-refractivity contribution in [3.05, 3.63) is 30.4 Å². The number of ether oxygens (including phenoxy) is 2. The van der Waals surface area contributed by atoms with E-state index in [-0.39, 0.29) is 17.7 Å². The van der Waals surface area contributed by atoms with Gasteiger partial charge in [0.15, 0.2) is 0 Å². The van der Waals surface area contributed by atoms with E-state index in [0.29, 0.717) is 18.5 Å². The lowest BCUT2D eigenvalue weighted by Gasteiger charge is -2.40. The van der Waals surface area contributed by atoms with Gasteiger partial charge in [-0.05, 0) is 52.5 Å². The zero-order valence-corrected chi connectivity index (χ0v) is 22.6. The molecule has 0 unspecified atom stereocenters. The molecule has 0 radical (unpaired) electrons. The summed E-state index contributed by atoms with van der Waals surface area (Å²) in [5.74, 6) is 0.929. The summed E-state index contributed by atoms with van der Waals surface area (Å²) in [5, 5.41) is 23.1. The first kappa shape index (κ1) is 26.1. The van der Waals surface area contributed by atoms with Gasteiger partial charge < -0.3 is 19.9 Å². The number of anilines is 1. The van der Waals surface area contributed by atoms with Gasteiger partial charge in [-0.1, -0.05) is 0 Å². The smallest absolute Gasteiger partial charge is 0.241 e. The fourth-order valence-electron chi connectivity index (χ4n) is 5.74. The largest absolute Gasteiger partial charge is 0.393 e. The predicted molar refractivity (Wildman–Crippen MR) is 143 cm³/mol. The molecule has 37 heavy (non-hydrogen) atoms. The van der Waals surface area contributed by atoms with Crippen molar-refractivity contribution >= 4 is 11.5 Å². The Balaban J connectivity index is 1.45. The zero-order chi connectivity index (χ0) is 26.0. The average molecular weight is 512 g/mol. The highest BCUT2D eigenvalue weighted by Crippen LogP contribution is 2.37. The molecule has 2 fully saturated rings. The maximum atomic E-state index is 10.1. The number of morpholine rings is 1. The lowest BCUT2D eigenvalue weighted by molar-refractivity contribution is -0.0167. The van der Waals surface area contributed by atoms with E-state index in [9.17, 15) is 5.11 Å². The number of hydrogen-bond donors (Lipinski definition) is 2. The summed E-state index contributed by atoms with van der Waals surface area (Å²) in [7, 11) is 1.69. The Labute approximate surface area is 219 Å². The molecular formula is C27H41N7O3. The van der Waals surface area contributed by atoms with E-state index >= 15 is 0 Å². The third-order valence-corrected chi connectivity index (χ3v) is 7.81. The molecule has 1 aliphatic heterocycles. The van der Waals surface area contributed by atoms with Crippen LogP contribution in [-0.4, -0.2) is 92.1 Å². The highest BCUT2D eigenvalue weighted by Gasteiger charge is 2.30. The Morgan fingerprint density at radius 1 is 1.19 bits per heavy atom. The summed E-state index contributed by atoms with van der Waals surface area (Å²) in [6.45, 7) is 11.4. The highest BCUT2D eigenvalue weighted by molar-refractivity contribution is 5.81. The van der Waals surface area contributed by atoms with Crippen LogP contribution in [0.25, 0.3) is 16.6 Å². The molecule has 10 nitrogen and oxygen atoms in total. The summed E-state index contributed by atoms with van der Waals surface area (Å²) >= 11 is 0. The third kappa shape index (κ3) is 5.82. The standard InChI is InChI=1S/C27H41N7O3/c1-19(17-36-4)30-26-28-15-25-23(13-24(34(25)31-26)20-5-7-22(35)8-6-20)21-14-29-33(16-21)18-27(2,3)32-9-11-37-12-10-32/h13-16,19-20,22,35H,5-12,17-18H2,1-4H3,(H,30,31)/t19-,20?,22?/m0/s1. The number of aliphatic hydroxyl groups excluding tert-OH is 1. The van der Waals surface area contributed by atoms with Crippen LogP contribution in [-0.2, 0) is 16.0 Å². The number of aliphatic hydroxyl groups is 1. The number of nitrogens with one attached hydrogen (secondary N) is 1. The monoisotopic (exact) mass is 511 g/mol. The SMILES string of the molecule is COC[C@H](C)Nc1ncc2c(-c3cnn(CC(C)(C)N4CCOCC4)c3)cc(C3CCC(O)CC3)n2n1. The molecule has 1 saturated carbocycles. The van der Waals surface area contributed by atoms with Crippen LogP contribution >= 0.6 is 0 Å². The molecule has 2 aliphatic rings. The molecule has 2 N–H and O–H groups in total. The van der Waals surface area contributed by atoms with Crippen molar-refractivity contribution in [2.75, 3.05) is 45.3 Å². The molecule has 202 valence electrons. The van der Waals surface area contributed by atoms with Crippen molar-refractivity contribution < 1.29 is 14.6 Å². The maximum absolute atomic E-state index is 10.1. The minimum Gasteiger partial charge on any atom is -0.393 e. The molecule has 0 bridgehead atoms. The van der Waals surface area contributed by atoms with Crippen molar-refractivity contribution in [2.45, 2.75) is 76.6 Å². The molecule has 0 amide bonds. The van der Waals surface area contributed by atoms with Gasteiger partial charge in [0, 0.05) is 60.7 Å². The van der Waals surface area contributed by atoms with Crippen LogP contribution < -0.4 is 5.32 Å². The molecule has 1 aliphatic carbocycles. The first-order valence-electron chi connectivity index (χ1n) is 13.5. The van der Waals surface area contributed by atoms with Gasteiger partial charge in [-0.2, -0.15) is 5.10 Å². The van der Waals surface area contributed by atoms with Crippen molar-refractivity contribution in [1.29, 1.82) is 0 Å². The number of nitrogens with zero attached hydrogens (tertiary/aromatic N) is 6. The molecule has 1 saturated heterocycles. The second-order valence-corrected chi connectivity index (χ2v) is 11.2. The topological polar surface area (TPSA) is 102 Å². The minimum absolute atomic E-state index is 0.0212. The number of hydrogen-bond acceptors (Lipinski definition) is 8. The number of rotatable bonds is 9. The van der Waals surface area contributed by atoms with Gasteiger partial charge in [-0.25, -0.2) is 9.50 Å². The molecule has 0 spiro atoms. The molecule has 0 aromatic carbocycles. The molecule has 1 atom stereocenters. The van der Waals surface area contributed by atoms with E-state index in [4.69, 9.17) is 19.7 Å². The molecule has 10 heteroatoms. The molecule has 3 aromatic rings. The summed E-state index contributed by atoms with van der Waals surface area (Å²) < 4.78 is 14.9. The third-order valence-electron chi connectivity index (χ3n) is 7.81. The van der Waals surface area contributed by atoms with Crippen LogP contribution in [0.4, 0.5) is 5.95 Å². The van der Waals surface area contributed by atoms with Gasteiger partial charge in [0.2, 0.25) is 5.95 Å². The molecular weight excluding hydrogens is 470 g/mol. The van der Waals surface area contributed by atoms with Gasteiger partial charge in [0.05, 0.1) is 50.4 Å². The lowest BCUT2D eigenvalue weighted by Crippen LogP contribution is -2.52. The Morgan fingerprint density at radius 2 is 1.95 bits per heavy atom. The van der Waals surface area contributed by atoms with Crippen molar-refractivity contribution in [2.24, 2.45) is 0 Å².